The summed E-state index contributed by atoms with van der Waals surface area (Å²) in [5.41, 5.74) is 2.80. The molecule has 0 N–H and O–H groups in total. The minimum absolute atomic E-state index is 0.0332. The second-order valence-electron chi connectivity index (χ2n) is 6.97. The Hall–Kier alpha value is -3.02. The first kappa shape index (κ1) is 18.3. The summed E-state index contributed by atoms with van der Waals surface area (Å²) in [6.07, 6.45) is -3.70. The van der Waals surface area contributed by atoms with E-state index in [2.05, 4.69) is 0 Å². The van der Waals surface area contributed by atoms with Gasteiger partial charge in [-0.3, -0.25) is 4.79 Å². The number of benzene rings is 2. The molecule has 1 amide bonds. The smallest absolute Gasteiger partial charge is 0.317 e. The molecule has 2 aromatic carbocycles. The topological polar surface area (TPSA) is 25.2 Å². The maximum atomic E-state index is 13.5. The van der Waals surface area contributed by atoms with Crippen LogP contribution < -0.4 is 4.90 Å². The molecule has 0 atom stereocenters. The highest BCUT2D eigenvalue weighted by Gasteiger charge is 2.35. The molecule has 144 valence electrons. The van der Waals surface area contributed by atoms with E-state index >= 15 is 0 Å². The van der Waals surface area contributed by atoms with E-state index in [0.717, 1.165) is 23.7 Å². The number of hydrogen-bond acceptors (Lipinski definition) is 1. The van der Waals surface area contributed by atoms with E-state index in [9.17, 15) is 18.0 Å². The number of para-hydroxylation sites is 2. The molecule has 0 saturated carbocycles. The molecule has 1 aromatic heterocycles. The predicted molar refractivity (Wildman–Crippen MR) is 102 cm³/mol. The lowest BCUT2D eigenvalue weighted by atomic mass is 10.1. The monoisotopic (exact) mass is 384 g/mol. The first-order chi connectivity index (χ1) is 13.3. The lowest BCUT2D eigenvalue weighted by Crippen LogP contribution is -2.29. The lowest BCUT2D eigenvalue weighted by Gasteiger charge is -2.19. The van der Waals surface area contributed by atoms with E-state index in [-0.39, 0.29) is 11.6 Å². The van der Waals surface area contributed by atoms with Crippen molar-refractivity contribution >= 4 is 11.6 Å². The van der Waals surface area contributed by atoms with Gasteiger partial charge in [-0.2, -0.15) is 13.2 Å². The third-order valence-corrected chi connectivity index (χ3v) is 5.24. The highest BCUT2D eigenvalue weighted by atomic mass is 19.4. The minimum atomic E-state index is -4.47. The van der Waals surface area contributed by atoms with Gasteiger partial charge in [-0.1, -0.05) is 30.3 Å². The maximum Gasteiger partial charge on any atom is 0.418 e. The Bertz CT molecular complexity index is 1070. The van der Waals surface area contributed by atoms with Gasteiger partial charge in [0.1, 0.15) is 0 Å². The molecule has 0 bridgehead atoms. The van der Waals surface area contributed by atoms with Crippen molar-refractivity contribution < 1.29 is 18.0 Å². The highest BCUT2D eigenvalue weighted by Crippen LogP contribution is 2.36. The number of carbonyl (C=O) groups excluding carboxylic acids is 1. The largest absolute Gasteiger partial charge is 0.418 e. The van der Waals surface area contributed by atoms with Crippen molar-refractivity contribution in [1.82, 2.24) is 4.57 Å². The highest BCUT2D eigenvalue weighted by molar-refractivity contribution is 6.08. The average Bonchev–Trinajstić information content (AvgIpc) is 3.21. The third kappa shape index (κ3) is 2.89. The summed E-state index contributed by atoms with van der Waals surface area (Å²) in [5.74, 6) is -0.186. The summed E-state index contributed by atoms with van der Waals surface area (Å²) in [6, 6.07) is 14.8. The molecular weight excluding hydrogens is 365 g/mol. The summed E-state index contributed by atoms with van der Waals surface area (Å²) in [5, 5.41) is 0. The van der Waals surface area contributed by atoms with Crippen molar-refractivity contribution in [1.29, 1.82) is 0 Å². The van der Waals surface area contributed by atoms with Crippen LogP contribution in [-0.4, -0.2) is 17.0 Å². The van der Waals surface area contributed by atoms with Crippen molar-refractivity contribution in [2.75, 3.05) is 11.4 Å². The van der Waals surface area contributed by atoms with E-state index < -0.39 is 11.7 Å². The summed E-state index contributed by atoms with van der Waals surface area (Å²) in [4.78, 5) is 14.9. The standard InChI is InChI=1S/C22H19F3N2O/c1-14-13-17(21(28)26-12-11-16-7-3-5-9-19(16)26)15(2)27(14)20-10-6-4-8-18(20)22(23,24)25/h3-10,13H,11-12H2,1-2H3. The van der Waals surface area contributed by atoms with Crippen LogP contribution in [0.4, 0.5) is 18.9 Å². The molecule has 0 radical (unpaired) electrons. The zero-order chi connectivity index (χ0) is 20.1. The van der Waals surface area contributed by atoms with Gasteiger partial charge in [0.15, 0.2) is 0 Å². The van der Waals surface area contributed by atoms with Gasteiger partial charge in [-0.05, 0) is 50.1 Å². The molecule has 0 spiro atoms. The average molecular weight is 384 g/mol. The number of anilines is 1. The number of nitrogens with zero attached hydrogens (tertiary/aromatic N) is 2. The summed E-state index contributed by atoms with van der Waals surface area (Å²) in [6.45, 7) is 3.98. The predicted octanol–water partition coefficient (Wildman–Crippen LogP) is 5.32. The molecule has 0 saturated heterocycles. The number of aromatic nitrogens is 1. The van der Waals surface area contributed by atoms with Crippen LogP contribution in [0.25, 0.3) is 5.69 Å². The first-order valence-electron chi connectivity index (χ1n) is 9.04. The molecule has 3 aromatic rings. The lowest BCUT2D eigenvalue weighted by molar-refractivity contribution is -0.137. The van der Waals surface area contributed by atoms with Gasteiger partial charge in [0.2, 0.25) is 0 Å². The van der Waals surface area contributed by atoms with Gasteiger partial charge >= 0.3 is 6.18 Å². The van der Waals surface area contributed by atoms with Gasteiger partial charge < -0.3 is 9.47 Å². The Kier molecular flexibility index (Phi) is 4.29. The Morgan fingerprint density at radius 2 is 1.61 bits per heavy atom. The Morgan fingerprint density at radius 3 is 2.32 bits per heavy atom. The fourth-order valence-electron chi connectivity index (χ4n) is 3.95. The number of alkyl halides is 3. The van der Waals surface area contributed by atoms with Crippen molar-refractivity contribution in [2.24, 2.45) is 0 Å². The maximum absolute atomic E-state index is 13.5. The normalized spacial score (nSPS) is 13.7. The number of fused-ring (bicyclic) bond motifs is 1. The van der Waals surface area contributed by atoms with Crippen LogP contribution in [0.5, 0.6) is 0 Å². The van der Waals surface area contributed by atoms with Crippen LogP contribution >= 0.6 is 0 Å². The van der Waals surface area contributed by atoms with Crippen LogP contribution in [0.2, 0.25) is 0 Å². The number of carbonyl (C=O) groups is 1. The van der Waals surface area contributed by atoms with Crippen molar-refractivity contribution in [3.8, 4) is 5.69 Å². The van der Waals surface area contributed by atoms with Crippen molar-refractivity contribution in [3.05, 3.63) is 82.7 Å². The third-order valence-electron chi connectivity index (χ3n) is 5.24. The number of amides is 1. The Morgan fingerprint density at radius 1 is 0.964 bits per heavy atom. The van der Waals surface area contributed by atoms with Crippen LogP contribution in [0, 0.1) is 13.8 Å². The summed E-state index contributed by atoms with van der Waals surface area (Å²) < 4.78 is 42.0. The van der Waals surface area contributed by atoms with E-state index in [4.69, 9.17) is 0 Å². The molecule has 0 aliphatic carbocycles. The van der Waals surface area contributed by atoms with E-state index in [1.54, 1.807) is 30.9 Å². The summed E-state index contributed by atoms with van der Waals surface area (Å²) in [7, 11) is 0. The molecule has 2 heterocycles. The van der Waals surface area contributed by atoms with Crippen LogP contribution in [-0.2, 0) is 12.6 Å². The molecule has 0 fully saturated rings. The molecule has 3 nitrogen and oxygen atoms in total. The van der Waals surface area contributed by atoms with Crippen molar-refractivity contribution in [2.45, 2.75) is 26.4 Å². The Balaban J connectivity index is 1.79. The minimum Gasteiger partial charge on any atom is -0.317 e. The number of halogens is 3. The van der Waals surface area contributed by atoms with Gasteiger partial charge in [0, 0.05) is 23.6 Å². The summed E-state index contributed by atoms with van der Waals surface area (Å²) >= 11 is 0. The van der Waals surface area contributed by atoms with Crippen LogP contribution in [0.15, 0.2) is 54.6 Å². The van der Waals surface area contributed by atoms with Crippen LogP contribution in [0.1, 0.15) is 32.9 Å². The van der Waals surface area contributed by atoms with Gasteiger partial charge in [-0.15, -0.1) is 0 Å². The van der Waals surface area contributed by atoms with Crippen LogP contribution in [0.3, 0.4) is 0 Å². The number of aryl methyl sites for hydroxylation is 1. The molecular formula is C22H19F3N2O. The molecule has 1 aliphatic rings. The van der Waals surface area contributed by atoms with Gasteiger partial charge in [0.05, 0.1) is 16.8 Å². The molecule has 0 unspecified atom stereocenters. The fourth-order valence-corrected chi connectivity index (χ4v) is 3.95. The molecule has 6 heteroatoms. The number of rotatable bonds is 2. The van der Waals surface area contributed by atoms with Gasteiger partial charge in [-0.25, -0.2) is 0 Å². The SMILES string of the molecule is Cc1cc(C(=O)N2CCc3ccccc32)c(C)n1-c1ccccc1C(F)(F)F. The second-order valence-corrected chi connectivity index (χ2v) is 6.97. The Labute approximate surface area is 161 Å². The molecule has 28 heavy (non-hydrogen) atoms. The van der Waals surface area contributed by atoms with Gasteiger partial charge in [0.25, 0.3) is 5.91 Å². The second kappa shape index (κ2) is 6.55. The van der Waals surface area contributed by atoms with Crippen molar-refractivity contribution in [3.63, 3.8) is 0 Å². The quantitative estimate of drug-likeness (QED) is 0.587. The first-order valence-corrected chi connectivity index (χ1v) is 9.04. The zero-order valence-electron chi connectivity index (χ0n) is 15.5. The van der Waals surface area contributed by atoms with E-state index in [1.165, 1.54) is 16.7 Å². The zero-order valence-corrected chi connectivity index (χ0v) is 15.5. The van der Waals surface area contributed by atoms with E-state index in [1.807, 2.05) is 24.3 Å². The molecule has 4 rings (SSSR count). The fraction of sp³-hybridized carbons (Fsp3) is 0.227. The molecule has 1 aliphatic heterocycles. The van der Waals surface area contributed by atoms with E-state index in [0.29, 0.717) is 23.5 Å². The number of hydrogen-bond donors (Lipinski definition) is 0.